The van der Waals surface area contributed by atoms with Gasteiger partial charge in [-0.05, 0) is 34.1 Å². The Morgan fingerprint density at radius 1 is 1.37 bits per heavy atom. The molecule has 5 heteroatoms. The van der Waals surface area contributed by atoms with Gasteiger partial charge in [0.2, 0.25) is 6.29 Å². The van der Waals surface area contributed by atoms with E-state index in [9.17, 15) is 4.79 Å². The van der Waals surface area contributed by atoms with Gasteiger partial charge in [0.05, 0.1) is 18.5 Å². The highest BCUT2D eigenvalue weighted by Crippen LogP contribution is 2.07. The highest BCUT2D eigenvalue weighted by molar-refractivity contribution is 5.85. The van der Waals surface area contributed by atoms with Crippen LogP contribution in [0.15, 0.2) is 24.5 Å². The van der Waals surface area contributed by atoms with Gasteiger partial charge in [-0.15, -0.1) is 0 Å². The fourth-order valence-electron chi connectivity index (χ4n) is 1.26. The molecule has 0 aromatic carbocycles. The molecule has 5 nitrogen and oxygen atoms in total. The van der Waals surface area contributed by atoms with E-state index >= 15 is 0 Å². The van der Waals surface area contributed by atoms with Crippen LogP contribution in [-0.4, -0.2) is 36.2 Å². The number of carboxylic acids is 1. The smallest absolute Gasteiger partial charge is 0.330 e. The Kier molecular flexibility index (Phi) is 8.91. The molecule has 19 heavy (non-hydrogen) atoms. The molecule has 0 amide bonds. The Balaban J connectivity index is 4.10. The quantitative estimate of drug-likeness (QED) is 0.376. The molecule has 0 rings (SSSR count). The Hall–Kier alpha value is -1.33. The third-order valence-corrected chi connectivity index (χ3v) is 2.28. The largest absolute Gasteiger partial charge is 0.478 e. The maximum absolute atomic E-state index is 10.6. The van der Waals surface area contributed by atoms with E-state index in [1.807, 2.05) is 20.8 Å². The van der Waals surface area contributed by atoms with Crippen LogP contribution in [0.25, 0.3) is 0 Å². The van der Waals surface area contributed by atoms with Crippen LogP contribution in [-0.2, 0) is 19.0 Å². The molecule has 0 aromatic heterocycles. The number of rotatable bonds is 10. The lowest BCUT2D eigenvalue weighted by atomic mass is 10.2. The predicted molar refractivity (Wildman–Crippen MR) is 72.7 cm³/mol. The van der Waals surface area contributed by atoms with Crippen LogP contribution in [0.2, 0.25) is 0 Å². The van der Waals surface area contributed by atoms with E-state index in [0.29, 0.717) is 12.0 Å². The SMILES string of the molecule is C=COC(COC(C)CC=C(C)C(=O)O)OC(C)C. The predicted octanol–water partition coefficient (Wildman–Crippen LogP) is 2.72. The standard InChI is InChI=1S/C14H24O5/c1-6-17-13(19-10(2)3)9-18-12(5)8-7-11(4)14(15)16/h6-7,10,12-13H,1,8-9H2,2-5H3,(H,15,16). The summed E-state index contributed by atoms with van der Waals surface area (Å²) >= 11 is 0. The normalized spacial score (nSPS) is 15.1. The summed E-state index contributed by atoms with van der Waals surface area (Å²) in [6.07, 6.45) is 2.90. The zero-order valence-corrected chi connectivity index (χ0v) is 12.1. The van der Waals surface area contributed by atoms with Crippen molar-refractivity contribution in [1.29, 1.82) is 0 Å². The summed E-state index contributed by atoms with van der Waals surface area (Å²) < 4.78 is 16.2. The molecule has 0 radical (unpaired) electrons. The van der Waals surface area contributed by atoms with Gasteiger partial charge in [0, 0.05) is 5.57 Å². The summed E-state index contributed by atoms with van der Waals surface area (Å²) in [7, 11) is 0. The molecule has 110 valence electrons. The molecular weight excluding hydrogens is 248 g/mol. The second-order valence-corrected chi connectivity index (χ2v) is 4.49. The summed E-state index contributed by atoms with van der Waals surface area (Å²) in [4.78, 5) is 10.6. The van der Waals surface area contributed by atoms with E-state index < -0.39 is 12.3 Å². The number of aliphatic carboxylic acids is 1. The number of carbonyl (C=O) groups is 1. The minimum Gasteiger partial charge on any atom is -0.478 e. The van der Waals surface area contributed by atoms with Crippen molar-refractivity contribution < 1.29 is 24.1 Å². The Bertz CT molecular complexity index is 309. The summed E-state index contributed by atoms with van der Waals surface area (Å²) in [5.74, 6) is -0.914. The van der Waals surface area contributed by atoms with Crippen molar-refractivity contribution in [3.8, 4) is 0 Å². The Morgan fingerprint density at radius 2 is 2.00 bits per heavy atom. The minimum absolute atomic E-state index is 0.0259. The van der Waals surface area contributed by atoms with E-state index in [1.165, 1.54) is 6.26 Å². The van der Waals surface area contributed by atoms with E-state index in [4.69, 9.17) is 19.3 Å². The van der Waals surface area contributed by atoms with Crippen LogP contribution in [0.4, 0.5) is 0 Å². The molecule has 0 saturated carbocycles. The molecule has 0 aliphatic rings. The van der Waals surface area contributed by atoms with Gasteiger partial charge in [-0.2, -0.15) is 0 Å². The lowest BCUT2D eigenvalue weighted by molar-refractivity contribution is -0.169. The van der Waals surface area contributed by atoms with Crippen LogP contribution in [0.1, 0.15) is 34.1 Å². The van der Waals surface area contributed by atoms with Crippen molar-refractivity contribution in [1.82, 2.24) is 0 Å². The van der Waals surface area contributed by atoms with Gasteiger partial charge in [0.25, 0.3) is 0 Å². The van der Waals surface area contributed by atoms with E-state index in [2.05, 4.69) is 6.58 Å². The van der Waals surface area contributed by atoms with Crippen molar-refractivity contribution in [3.63, 3.8) is 0 Å². The van der Waals surface area contributed by atoms with Crippen molar-refractivity contribution in [2.45, 2.75) is 52.6 Å². The number of ether oxygens (including phenoxy) is 3. The van der Waals surface area contributed by atoms with Crippen molar-refractivity contribution in [2.75, 3.05) is 6.61 Å². The monoisotopic (exact) mass is 272 g/mol. The molecule has 0 aliphatic carbocycles. The summed E-state index contributed by atoms with van der Waals surface area (Å²) in [5.41, 5.74) is 0.313. The molecular formula is C14H24O5. The molecule has 2 unspecified atom stereocenters. The van der Waals surface area contributed by atoms with Crippen molar-refractivity contribution in [2.24, 2.45) is 0 Å². The zero-order chi connectivity index (χ0) is 14.8. The number of carboxylic acid groups (broad SMARTS) is 1. The second-order valence-electron chi connectivity index (χ2n) is 4.49. The average Bonchev–Trinajstić information content (AvgIpc) is 2.32. The van der Waals surface area contributed by atoms with Gasteiger partial charge >= 0.3 is 5.97 Å². The lowest BCUT2D eigenvalue weighted by Crippen LogP contribution is -2.27. The summed E-state index contributed by atoms with van der Waals surface area (Å²) in [6.45, 7) is 11.0. The molecule has 2 atom stereocenters. The summed E-state index contributed by atoms with van der Waals surface area (Å²) in [5, 5.41) is 8.72. The van der Waals surface area contributed by atoms with Gasteiger partial charge in [-0.3, -0.25) is 0 Å². The van der Waals surface area contributed by atoms with Gasteiger partial charge < -0.3 is 19.3 Å². The van der Waals surface area contributed by atoms with Crippen molar-refractivity contribution in [3.05, 3.63) is 24.5 Å². The molecule has 1 N–H and O–H groups in total. The van der Waals surface area contributed by atoms with Gasteiger partial charge in [-0.25, -0.2) is 4.79 Å². The molecule has 0 aromatic rings. The van der Waals surface area contributed by atoms with Gasteiger partial charge in [0.1, 0.15) is 6.61 Å². The van der Waals surface area contributed by atoms with Crippen LogP contribution in [0.3, 0.4) is 0 Å². The van der Waals surface area contributed by atoms with Gasteiger partial charge in [0.15, 0.2) is 0 Å². The Morgan fingerprint density at radius 3 is 2.47 bits per heavy atom. The first-order chi connectivity index (χ1) is 8.86. The number of hydrogen-bond acceptors (Lipinski definition) is 4. The molecule has 0 fully saturated rings. The third-order valence-electron chi connectivity index (χ3n) is 2.28. The van der Waals surface area contributed by atoms with E-state index in [0.717, 1.165) is 0 Å². The van der Waals surface area contributed by atoms with Crippen LogP contribution in [0.5, 0.6) is 0 Å². The first-order valence-electron chi connectivity index (χ1n) is 6.30. The first-order valence-corrected chi connectivity index (χ1v) is 6.30. The maximum Gasteiger partial charge on any atom is 0.330 e. The lowest BCUT2D eigenvalue weighted by Gasteiger charge is -2.21. The Labute approximate surface area is 114 Å². The van der Waals surface area contributed by atoms with E-state index in [-0.39, 0.29) is 18.8 Å². The first kappa shape index (κ1) is 17.7. The highest BCUT2D eigenvalue weighted by Gasteiger charge is 2.13. The minimum atomic E-state index is -0.914. The van der Waals surface area contributed by atoms with E-state index in [1.54, 1.807) is 13.0 Å². The maximum atomic E-state index is 10.6. The summed E-state index contributed by atoms with van der Waals surface area (Å²) in [6, 6.07) is 0. The molecule has 0 heterocycles. The highest BCUT2D eigenvalue weighted by atomic mass is 16.7. The van der Waals surface area contributed by atoms with Crippen LogP contribution < -0.4 is 0 Å². The third kappa shape index (κ3) is 9.27. The van der Waals surface area contributed by atoms with Crippen LogP contribution >= 0.6 is 0 Å². The molecule has 0 bridgehead atoms. The fraction of sp³-hybridized carbons (Fsp3) is 0.643. The number of hydrogen-bond donors (Lipinski definition) is 1. The fourth-order valence-corrected chi connectivity index (χ4v) is 1.26. The molecule has 0 saturated heterocycles. The second kappa shape index (κ2) is 9.58. The van der Waals surface area contributed by atoms with Crippen molar-refractivity contribution >= 4 is 5.97 Å². The topological polar surface area (TPSA) is 65.0 Å². The average molecular weight is 272 g/mol. The molecule has 0 spiro atoms. The van der Waals surface area contributed by atoms with Crippen LogP contribution in [0, 0.1) is 0 Å². The van der Waals surface area contributed by atoms with Gasteiger partial charge in [-0.1, -0.05) is 12.7 Å². The molecule has 0 aliphatic heterocycles. The zero-order valence-electron chi connectivity index (χ0n) is 12.1.